The predicted octanol–water partition coefficient (Wildman–Crippen LogP) is 2.02. The summed E-state index contributed by atoms with van der Waals surface area (Å²) >= 11 is 0. The van der Waals surface area contributed by atoms with Crippen LogP contribution in [-0.2, 0) is 13.6 Å². The smallest absolute Gasteiger partial charge is 0.154 e. The molecule has 4 nitrogen and oxygen atoms in total. The van der Waals surface area contributed by atoms with Gasteiger partial charge in [0.1, 0.15) is 17.3 Å². The molecule has 2 heterocycles. The van der Waals surface area contributed by atoms with E-state index in [0.717, 1.165) is 35.3 Å². The molecule has 0 fully saturated rings. The Kier molecular flexibility index (Phi) is 2.83. The topological polar surface area (TPSA) is 43.0 Å². The molecule has 0 aliphatic carbocycles. The minimum absolute atomic E-state index is 0.761. The van der Waals surface area contributed by atoms with Crippen molar-refractivity contribution in [2.45, 2.75) is 20.4 Å². The standard InChI is InChI=1S/C12H17N3O/c1-8-5-6-10(16-8)12-9(2)15(4)11(14-12)7-13-3/h5-6,13H,7H2,1-4H3. The SMILES string of the molecule is CNCc1nc(-c2ccc(C)o2)c(C)n1C. The summed E-state index contributed by atoms with van der Waals surface area (Å²) in [6, 6.07) is 3.93. The maximum absolute atomic E-state index is 5.60. The molecule has 0 spiro atoms. The van der Waals surface area contributed by atoms with Crippen LogP contribution in [0, 0.1) is 13.8 Å². The summed E-state index contributed by atoms with van der Waals surface area (Å²) in [5.74, 6) is 2.77. The van der Waals surface area contributed by atoms with Gasteiger partial charge in [-0.3, -0.25) is 0 Å². The van der Waals surface area contributed by atoms with Gasteiger partial charge in [0.25, 0.3) is 0 Å². The third kappa shape index (κ3) is 1.76. The highest BCUT2D eigenvalue weighted by atomic mass is 16.3. The van der Waals surface area contributed by atoms with E-state index in [-0.39, 0.29) is 0 Å². The fourth-order valence-corrected chi connectivity index (χ4v) is 1.75. The van der Waals surface area contributed by atoms with Gasteiger partial charge in [-0.05, 0) is 33.0 Å². The van der Waals surface area contributed by atoms with Crippen LogP contribution in [-0.4, -0.2) is 16.6 Å². The number of hydrogen-bond acceptors (Lipinski definition) is 3. The molecule has 2 rings (SSSR count). The van der Waals surface area contributed by atoms with Crippen LogP contribution in [0.15, 0.2) is 16.5 Å². The summed E-state index contributed by atoms with van der Waals surface area (Å²) in [7, 11) is 3.94. The van der Waals surface area contributed by atoms with Crippen molar-refractivity contribution in [1.82, 2.24) is 14.9 Å². The number of aryl methyl sites for hydroxylation is 1. The molecule has 0 aliphatic heterocycles. The summed E-state index contributed by atoms with van der Waals surface area (Å²) in [5, 5.41) is 3.11. The van der Waals surface area contributed by atoms with Crippen molar-refractivity contribution < 1.29 is 4.42 Å². The summed E-state index contributed by atoms with van der Waals surface area (Å²) in [4.78, 5) is 4.59. The number of nitrogens with zero attached hydrogens (tertiary/aromatic N) is 2. The molecule has 0 unspecified atom stereocenters. The van der Waals surface area contributed by atoms with E-state index < -0.39 is 0 Å². The van der Waals surface area contributed by atoms with Gasteiger partial charge in [0.2, 0.25) is 0 Å². The van der Waals surface area contributed by atoms with E-state index in [1.807, 2.05) is 33.2 Å². The molecule has 4 heteroatoms. The molecule has 0 saturated heterocycles. The van der Waals surface area contributed by atoms with Crippen LogP contribution in [0.3, 0.4) is 0 Å². The second-order valence-electron chi connectivity index (χ2n) is 3.96. The molecular weight excluding hydrogens is 202 g/mol. The van der Waals surface area contributed by atoms with Crippen molar-refractivity contribution in [3.05, 3.63) is 29.4 Å². The highest BCUT2D eigenvalue weighted by Crippen LogP contribution is 2.24. The van der Waals surface area contributed by atoms with Crippen LogP contribution < -0.4 is 5.32 Å². The maximum Gasteiger partial charge on any atom is 0.154 e. The van der Waals surface area contributed by atoms with Crippen LogP contribution in [0.4, 0.5) is 0 Å². The van der Waals surface area contributed by atoms with Crippen molar-refractivity contribution in [3.63, 3.8) is 0 Å². The average molecular weight is 219 g/mol. The van der Waals surface area contributed by atoms with Crippen molar-refractivity contribution in [2.24, 2.45) is 7.05 Å². The molecule has 0 radical (unpaired) electrons. The molecule has 0 bridgehead atoms. The van der Waals surface area contributed by atoms with Gasteiger partial charge in [0.15, 0.2) is 5.76 Å². The Morgan fingerprint density at radius 2 is 2.12 bits per heavy atom. The first kappa shape index (κ1) is 11.0. The number of aromatic nitrogens is 2. The largest absolute Gasteiger partial charge is 0.460 e. The third-order valence-corrected chi connectivity index (χ3v) is 2.78. The average Bonchev–Trinajstić information content (AvgIpc) is 2.78. The molecule has 0 amide bonds. The number of hydrogen-bond donors (Lipinski definition) is 1. The van der Waals surface area contributed by atoms with E-state index >= 15 is 0 Å². The first-order valence-corrected chi connectivity index (χ1v) is 5.37. The zero-order valence-corrected chi connectivity index (χ0v) is 10.2. The summed E-state index contributed by atoms with van der Waals surface area (Å²) < 4.78 is 7.69. The summed E-state index contributed by atoms with van der Waals surface area (Å²) in [5.41, 5.74) is 2.06. The lowest BCUT2D eigenvalue weighted by atomic mass is 10.3. The Labute approximate surface area is 95.3 Å². The van der Waals surface area contributed by atoms with Crippen LogP contribution in [0.2, 0.25) is 0 Å². The highest BCUT2D eigenvalue weighted by molar-refractivity contribution is 5.56. The number of furan rings is 1. The first-order valence-electron chi connectivity index (χ1n) is 5.37. The minimum atomic E-state index is 0.761. The first-order chi connectivity index (χ1) is 7.63. The summed E-state index contributed by atoms with van der Waals surface area (Å²) in [6.45, 7) is 4.76. The highest BCUT2D eigenvalue weighted by Gasteiger charge is 2.14. The van der Waals surface area contributed by atoms with Gasteiger partial charge in [0.05, 0.1) is 6.54 Å². The van der Waals surface area contributed by atoms with Gasteiger partial charge < -0.3 is 14.3 Å². The number of imidazole rings is 1. The monoisotopic (exact) mass is 219 g/mol. The van der Waals surface area contributed by atoms with Crippen LogP contribution in [0.5, 0.6) is 0 Å². The van der Waals surface area contributed by atoms with Gasteiger partial charge in [-0.25, -0.2) is 4.98 Å². The molecule has 2 aromatic rings. The van der Waals surface area contributed by atoms with Crippen molar-refractivity contribution in [2.75, 3.05) is 7.05 Å². The van der Waals surface area contributed by atoms with Gasteiger partial charge >= 0.3 is 0 Å². The maximum atomic E-state index is 5.60. The number of nitrogens with one attached hydrogen (secondary N) is 1. The Morgan fingerprint density at radius 1 is 1.38 bits per heavy atom. The lowest BCUT2D eigenvalue weighted by Gasteiger charge is -2.00. The van der Waals surface area contributed by atoms with E-state index in [9.17, 15) is 0 Å². The van der Waals surface area contributed by atoms with Crippen LogP contribution >= 0.6 is 0 Å². The van der Waals surface area contributed by atoms with E-state index in [1.54, 1.807) is 0 Å². The fourth-order valence-electron chi connectivity index (χ4n) is 1.75. The molecular formula is C12H17N3O. The van der Waals surface area contributed by atoms with Gasteiger partial charge in [-0.15, -0.1) is 0 Å². The van der Waals surface area contributed by atoms with Crippen molar-refractivity contribution in [1.29, 1.82) is 0 Å². The fraction of sp³-hybridized carbons (Fsp3) is 0.417. The van der Waals surface area contributed by atoms with Crippen molar-refractivity contribution in [3.8, 4) is 11.5 Å². The lowest BCUT2D eigenvalue weighted by Crippen LogP contribution is -2.10. The molecule has 0 aromatic carbocycles. The Balaban J connectivity index is 2.45. The summed E-state index contributed by atoms with van der Waals surface area (Å²) in [6.07, 6.45) is 0. The molecule has 0 atom stereocenters. The Morgan fingerprint density at radius 3 is 2.69 bits per heavy atom. The lowest BCUT2D eigenvalue weighted by molar-refractivity contribution is 0.546. The normalized spacial score (nSPS) is 11.0. The number of rotatable bonds is 3. The van der Waals surface area contributed by atoms with Crippen LogP contribution in [0.25, 0.3) is 11.5 Å². The van der Waals surface area contributed by atoms with E-state index in [4.69, 9.17) is 4.42 Å². The quantitative estimate of drug-likeness (QED) is 0.858. The Hall–Kier alpha value is -1.55. The molecule has 0 aliphatic rings. The zero-order valence-electron chi connectivity index (χ0n) is 10.2. The molecule has 2 aromatic heterocycles. The second kappa shape index (κ2) is 4.14. The van der Waals surface area contributed by atoms with Gasteiger partial charge in [-0.1, -0.05) is 0 Å². The van der Waals surface area contributed by atoms with E-state index in [0.29, 0.717) is 0 Å². The van der Waals surface area contributed by atoms with Gasteiger partial charge in [0, 0.05) is 12.7 Å². The predicted molar refractivity (Wildman–Crippen MR) is 63.1 cm³/mol. The van der Waals surface area contributed by atoms with E-state index in [2.05, 4.69) is 21.8 Å². The molecule has 1 N–H and O–H groups in total. The van der Waals surface area contributed by atoms with Gasteiger partial charge in [-0.2, -0.15) is 0 Å². The van der Waals surface area contributed by atoms with Crippen LogP contribution in [0.1, 0.15) is 17.3 Å². The van der Waals surface area contributed by atoms with Crippen molar-refractivity contribution >= 4 is 0 Å². The third-order valence-electron chi connectivity index (χ3n) is 2.78. The molecule has 0 saturated carbocycles. The zero-order chi connectivity index (χ0) is 11.7. The Bertz CT molecular complexity index is 496. The van der Waals surface area contributed by atoms with E-state index in [1.165, 1.54) is 0 Å². The molecule has 16 heavy (non-hydrogen) atoms. The second-order valence-corrected chi connectivity index (χ2v) is 3.96. The molecule has 86 valence electrons. The minimum Gasteiger partial charge on any atom is -0.460 e.